The second kappa shape index (κ2) is 8.30. The van der Waals surface area contributed by atoms with E-state index in [0.717, 1.165) is 11.1 Å². The molecule has 0 bridgehead atoms. The largest absolute Gasteiger partial charge is 0.457 e. The van der Waals surface area contributed by atoms with Crippen LogP contribution in [0.1, 0.15) is 43.4 Å². The van der Waals surface area contributed by atoms with Crippen molar-refractivity contribution >= 4 is 18.0 Å². The van der Waals surface area contributed by atoms with E-state index in [0.29, 0.717) is 0 Å². The van der Waals surface area contributed by atoms with Crippen LogP contribution >= 0.6 is 0 Å². The summed E-state index contributed by atoms with van der Waals surface area (Å²) in [5, 5.41) is 0. The highest BCUT2D eigenvalue weighted by Gasteiger charge is 2.50. The lowest BCUT2D eigenvalue weighted by atomic mass is 9.75. The molecule has 0 unspecified atom stereocenters. The molecule has 4 atom stereocenters. The molecule has 6 heteroatoms. The Kier molecular flexibility index (Phi) is 5.57. The van der Waals surface area contributed by atoms with Crippen LogP contribution in [0.15, 0.2) is 60.7 Å². The van der Waals surface area contributed by atoms with E-state index in [1.165, 1.54) is 4.90 Å². The number of amides is 2. The highest BCUT2D eigenvalue weighted by molar-refractivity contribution is 5.96. The van der Waals surface area contributed by atoms with Gasteiger partial charge >= 0.3 is 12.1 Å². The molecule has 0 saturated carbocycles. The smallest absolute Gasteiger partial charge is 0.416 e. The van der Waals surface area contributed by atoms with E-state index < -0.39 is 24.0 Å². The van der Waals surface area contributed by atoms with E-state index in [4.69, 9.17) is 9.47 Å². The second-order valence-electron chi connectivity index (χ2n) is 8.16. The summed E-state index contributed by atoms with van der Waals surface area (Å²) in [5.41, 5.74) is 1.61. The van der Waals surface area contributed by atoms with Crippen LogP contribution in [0.25, 0.3) is 0 Å². The predicted octanol–water partition coefficient (Wildman–Crippen LogP) is 4.08. The lowest BCUT2D eigenvalue weighted by Gasteiger charge is -2.39. The van der Waals surface area contributed by atoms with Crippen LogP contribution in [0.2, 0.25) is 0 Å². The third-order valence-corrected chi connectivity index (χ3v) is 5.96. The third-order valence-electron chi connectivity index (χ3n) is 5.96. The molecule has 0 N–H and O–H groups in total. The Bertz CT molecular complexity index is 876. The van der Waals surface area contributed by atoms with Crippen molar-refractivity contribution in [3.8, 4) is 0 Å². The Morgan fingerprint density at radius 2 is 1.57 bits per heavy atom. The van der Waals surface area contributed by atoms with Crippen molar-refractivity contribution in [2.75, 3.05) is 6.61 Å². The van der Waals surface area contributed by atoms with Gasteiger partial charge in [-0.3, -0.25) is 9.59 Å². The number of ether oxygens (including phenoxy) is 2. The van der Waals surface area contributed by atoms with E-state index in [1.54, 1.807) is 0 Å². The first-order chi connectivity index (χ1) is 14.5. The van der Waals surface area contributed by atoms with Crippen molar-refractivity contribution in [3.63, 3.8) is 0 Å². The van der Waals surface area contributed by atoms with Gasteiger partial charge < -0.3 is 9.47 Å². The minimum Gasteiger partial charge on any atom is -0.457 e. The number of hydrogen-bond donors (Lipinski definition) is 0. The lowest BCUT2D eigenvalue weighted by molar-refractivity contribution is -0.166. The predicted molar refractivity (Wildman–Crippen MR) is 109 cm³/mol. The van der Waals surface area contributed by atoms with Gasteiger partial charge in [0.15, 0.2) is 0 Å². The summed E-state index contributed by atoms with van der Waals surface area (Å²) in [7, 11) is 0. The number of cyclic esters (lactones) is 2. The monoisotopic (exact) mass is 407 g/mol. The molecule has 4 rings (SSSR count). The molecule has 2 saturated heterocycles. The second-order valence-corrected chi connectivity index (χ2v) is 8.16. The van der Waals surface area contributed by atoms with Gasteiger partial charge in [0.1, 0.15) is 12.7 Å². The number of esters is 1. The summed E-state index contributed by atoms with van der Waals surface area (Å²) >= 11 is 0. The highest BCUT2D eigenvalue weighted by atomic mass is 16.6. The number of benzene rings is 2. The average molecular weight is 407 g/mol. The maximum absolute atomic E-state index is 13.8. The number of nitrogens with zero attached hydrogens (tertiary/aromatic N) is 1. The normalized spacial score (nSPS) is 26.4. The number of rotatable bonds is 4. The molecule has 0 aromatic heterocycles. The van der Waals surface area contributed by atoms with E-state index in [1.807, 2.05) is 74.5 Å². The van der Waals surface area contributed by atoms with Crippen LogP contribution < -0.4 is 0 Å². The summed E-state index contributed by atoms with van der Waals surface area (Å²) in [6.45, 7) is 4.09. The first kappa shape index (κ1) is 20.1. The molecule has 156 valence electrons. The minimum atomic E-state index is -0.772. The Labute approximate surface area is 175 Å². The van der Waals surface area contributed by atoms with Crippen molar-refractivity contribution in [2.24, 2.45) is 11.8 Å². The Balaban J connectivity index is 1.79. The fourth-order valence-electron chi connectivity index (χ4n) is 4.37. The maximum Gasteiger partial charge on any atom is 0.416 e. The van der Waals surface area contributed by atoms with E-state index in [9.17, 15) is 14.4 Å². The standard InChI is InChI=1S/C24H25NO5/c1-15(2)19-14-29-24(28)25(19)23(27)21-18(16-9-5-3-6-10-16)13-20(26)30-22(21)17-11-7-4-8-12-17/h3-12,15,18-19,21-22H,13-14H2,1-2H3/t18-,19-,21-,22+/m1/s1. The van der Waals surface area contributed by atoms with Crippen molar-refractivity contribution < 1.29 is 23.9 Å². The third kappa shape index (κ3) is 3.70. The van der Waals surface area contributed by atoms with Crippen LogP contribution in [0.3, 0.4) is 0 Å². The quantitative estimate of drug-likeness (QED) is 0.714. The summed E-state index contributed by atoms with van der Waals surface area (Å²) < 4.78 is 10.9. The summed E-state index contributed by atoms with van der Waals surface area (Å²) in [5.74, 6) is -1.78. The van der Waals surface area contributed by atoms with Crippen LogP contribution in [0.4, 0.5) is 4.79 Å². The van der Waals surface area contributed by atoms with Gasteiger partial charge in [-0.05, 0) is 17.0 Å². The molecule has 2 aromatic rings. The van der Waals surface area contributed by atoms with Gasteiger partial charge in [0, 0.05) is 5.92 Å². The van der Waals surface area contributed by atoms with Crippen LogP contribution in [0, 0.1) is 11.8 Å². The summed E-state index contributed by atoms with van der Waals surface area (Å²) in [6, 6.07) is 18.4. The molecule has 30 heavy (non-hydrogen) atoms. The van der Waals surface area contributed by atoms with Gasteiger partial charge in [-0.25, -0.2) is 9.69 Å². The molecule has 2 fully saturated rings. The van der Waals surface area contributed by atoms with E-state index in [2.05, 4.69) is 0 Å². The van der Waals surface area contributed by atoms with Crippen LogP contribution in [-0.4, -0.2) is 35.5 Å². The maximum atomic E-state index is 13.8. The van der Waals surface area contributed by atoms with Gasteiger partial charge in [-0.2, -0.15) is 0 Å². The first-order valence-corrected chi connectivity index (χ1v) is 10.3. The van der Waals surface area contributed by atoms with E-state index >= 15 is 0 Å². The first-order valence-electron chi connectivity index (χ1n) is 10.3. The molecule has 0 aliphatic carbocycles. The van der Waals surface area contributed by atoms with Crippen molar-refractivity contribution in [1.82, 2.24) is 4.90 Å². The van der Waals surface area contributed by atoms with Gasteiger partial charge in [-0.1, -0.05) is 74.5 Å². The van der Waals surface area contributed by atoms with Gasteiger partial charge in [-0.15, -0.1) is 0 Å². The van der Waals surface area contributed by atoms with Crippen LogP contribution in [0.5, 0.6) is 0 Å². The van der Waals surface area contributed by atoms with Crippen LogP contribution in [-0.2, 0) is 19.1 Å². The Hall–Kier alpha value is -3.15. The van der Waals surface area contributed by atoms with E-state index in [-0.39, 0.29) is 36.9 Å². The number of carbonyl (C=O) groups excluding carboxylic acids is 3. The topological polar surface area (TPSA) is 72.9 Å². The average Bonchev–Trinajstić information content (AvgIpc) is 3.15. The Morgan fingerprint density at radius 3 is 2.17 bits per heavy atom. The molecule has 2 aliphatic heterocycles. The van der Waals surface area contributed by atoms with Crippen molar-refractivity contribution in [2.45, 2.75) is 38.3 Å². The summed E-state index contributed by atoms with van der Waals surface area (Å²) in [6.07, 6.45) is -1.32. The van der Waals surface area contributed by atoms with Gasteiger partial charge in [0.05, 0.1) is 18.4 Å². The number of imide groups is 1. The zero-order valence-electron chi connectivity index (χ0n) is 17.1. The van der Waals surface area contributed by atoms with Gasteiger partial charge in [0.2, 0.25) is 5.91 Å². The molecule has 2 aliphatic rings. The molecule has 2 amide bonds. The molecule has 2 heterocycles. The number of hydrogen-bond acceptors (Lipinski definition) is 5. The summed E-state index contributed by atoms with van der Waals surface area (Å²) in [4.78, 5) is 40.1. The zero-order valence-corrected chi connectivity index (χ0v) is 17.1. The molecule has 6 nitrogen and oxygen atoms in total. The number of carbonyl (C=O) groups is 3. The minimum absolute atomic E-state index is 0.0527. The fourth-order valence-corrected chi connectivity index (χ4v) is 4.37. The SMILES string of the molecule is CC(C)[C@H]1COC(=O)N1C(=O)[C@@H]1[C@@H](c2ccccc2)CC(=O)O[C@H]1c1ccccc1. The lowest BCUT2D eigenvalue weighted by Crippen LogP contribution is -2.49. The highest BCUT2D eigenvalue weighted by Crippen LogP contribution is 2.45. The molecule has 0 spiro atoms. The molecular formula is C24H25NO5. The molecular weight excluding hydrogens is 382 g/mol. The zero-order chi connectivity index (χ0) is 21.3. The molecule has 0 radical (unpaired) electrons. The van der Waals surface area contributed by atoms with Crippen molar-refractivity contribution in [1.29, 1.82) is 0 Å². The Morgan fingerprint density at radius 1 is 0.967 bits per heavy atom. The van der Waals surface area contributed by atoms with Crippen molar-refractivity contribution in [3.05, 3.63) is 71.8 Å². The molecule has 2 aromatic carbocycles. The van der Waals surface area contributed by atoms with Gasteiger partial charge in [0.25, 0.3) is 0 Å². The fraction of sp³-hybridized carbons (Fsp3) is 0.375.